The third-order valence-corrected chi connectivity index (χ3v) is 3.19. The van der Waals surface area contributed by atoms with Gasteiger partial charge < -0.3 is 10.4 Å². The van der Waals surface area contributed by atoms with Crippen LogP contribution < -0.4 is 5.32 Å². The number of rotatable bonds is 3. The zero-order valence-electron chi connectivity index (χ0n) is 9.94. The zero-order valence-corrected chi connectivity index (χ0v) is 9.94. The molecule has 4 nitrogen and oxygen atoms in total. The van der Waals surface area contributed by atoms with E-state index in [0.717, 1.165) is 5.56 Å². The molecule has 0 unspecified atom stereocenters. The van der Waals surface area contributed by atoms with Crippen LogP contribution in [0.15, 0.2) is 18.2 Å². The van der Waals surface area contributed by atoms with Gasteiger partial charge in [-0.2, -0.15) is 0 Å². The van der Waals surface area contributed by atoms with E-state index in [0.29, 0.717) is 12.8 Å². The number of carboxylic acids is 1. The first-order chi connectivity index (χ1) is 8.47. The maximum atomic E-state index is 13.4. The molecule has 0 spiro atoms. The number of hydrogen-bond donors (Lipinski definition) is 2. The molecule has 1 aromatic carbocycles. The predicted molar refractivity (Wildman–Crippen MR) is 62.8 cm³/mol. The van der Waals surface area contributed by atoms with Gasteiger partial charge in [0.05, 0.1) is 11.5 Å². The summed E-state index contributed by atoms with van der Waals surface area (Å²) in [6.07, 6.45) is 0.822. The number of carboxylic acid groups (broad SMARTS) is 1. The highest BCUT2D eigenvalue weighted by Gasteiger charge is 2.35. The molecule has 0 radical (unpaired) electrons. The van der Waals surface area contributed by atoms with E-state index in [1.807, 2.05) is 0 Å². The second-order valence-corrected chi connectivity index (χ2v) is 4.66. The van der Waals surface area contributed by atoms with Crippen molar-refractivity contribution in [3.8, 4) is 0 Å². The molecule has 1 amide bonds. The van der Waals surface area contributed by atoms with Crippen LogP contribution in [0.4, 0.5) is 4.39 Å². The van der Waals surface area contributed by atoms with Crippen molar-refractivity contribution in [1.29, 1.82) is 0 Å². The summed E-state index contributed by atoms with van der Waals surface area (Å²) in [5.74, 6) is -2.28. The Morgan fingerprint density at radius 2 is 2.06 bits per heavy atom. The molecule has 0 aromatic heterocycles. The van der Waals surface area contributed by atoms with E-state index in [1.54, 1.807) is 13.0 Å². The van der Waals surface area contributed by atoms with Crippen LogP contribution in [-0.2, 0) is 4.79 Å². The van der Waals surface area contributed by atoms with Crippen molar-refractivity contribution >= 4 is 11.9 Å². The molecule has 1 saturated carbocycles. The van der Waals surface area contributed by atoms with Gasteiger partial charge in [0.1, 0.15) is 5.82 Å². The number of carbonyl (C=O) groups excluding carboxylic acids is 1. The van der Waals surface area contributed by atoms with Crippen molar-refractivity contribution in [3.63, 3.8) is 0 Å². The average molecular weight is 251 g/mol. The Morgan fingerprint density at radius 3 is 2.67 bits per heavy atom. The van der Waals surface area contributed by atoms with Gasteiger partial charge in [-0.3, -0.25) is 9.59 Å². The van der Waals surface area contributed by atoms with Crippen LogP contribution in [0, 0.1) is 18.7 Å². The molecule has 2 rings (SSSR count). The van der Waals surface area contributed by atoms with E-state index in [9.17, 15) is 14.0 Å². The van der Waals surface area contributed by atoms with Gasteiger partial charge in [-0.25, -0.2) is 4.39 Å². The number of carbonyl (C=O) groups is 2. The summed E-state index contributed by atoms with van der Waals surface area (Å²) in [6.45, 7) is 1.78. The van der Waals surface area contributed by atoms with E-state index >= 15 is 0 Å². The van der Waals surface area contributed by atoms with E-state index in [-0.39, 0.29) is 11.6 Å². The normalized spacial score (nSPS) is 22.1. The first kappa shape index (κ1) is 12.5. The third-order valence-electron chi connectivity index (χ3n) is 3.19. The van der Waals surface area contributed by atoms with Crippen molar-refractivity contribution in [2.45, 2.75) is 25.8 Å². The van der Waals surface area contributed by atoms with Gasteiger partial charge in [0.2, 0.25) is 0 Å². The van der Waals surface area contributed by atoms with E-state index in [2.05, 4.69) is 5.32 Å². The summed E-state index contributed by atoms with van der Waals surface area (Å²) in [5, 5.41) is 11.4. The van der Waals surface area contributed by atoms with Gasteiger partial charge in [0, 0.05) is 6.04 Å². The molecule has 0 aliphatic heterocycles. The molecule has 96 valence electrons. The molecule has 0 saturated heterocycles. The highest BCUT2D eigenvalue weighted by Crippen LogP contribution is 2.27. The number of hydrogen-bond acceptors (Lipinski definition) is 2. The summed E-state index contributed by atoms with van der Waals surface area (Å²) in [7, 11) is 0. The molecular weight excluding hydrogens is 237 g/mol. The fourth-order valence-corrected chi connectivity index (χ4v) is 2.01. The fourth-order valence-electron chi connectivity index (χ4n) is 2.01. The van der Waals surface area contributed by atoms with Gasteiger partial charge in [0.15, 0.2) is 0 Å². The summed E-state index contributed by atoms with van der Waals surface area (Å²) >= 11 is 0. The van der Waals surface area contributed by atoms with Crippen LogP contribution in [0.25, 0.3) is 0 Å². The average Bonchev–Trinajstić information content (AvgIpc) is 2.25. The second-order valence-electron chi connectivity index (χ2n) is 4.66. The Morgan fingerprint density at radius 1 is 1.39 bits per heavy atom. The lowest BCUT2D eigenvalue weighted by Gasteiger charge is -2.32. The van der Waals surface area contributed by atoms with Crippen LogP contribution >= 0.6 is 0 Å². The first-order valence-corrected chi connectivity index (χ1v) is 5.77. The van der Waals surface area contributed by atoms with E-state index < -0.39 is 23.6 Å². The number of aliphatic carboxylic acids is 1. The highest BCUT2D eigenvalue weighted by atomic mass is 19.1. The van der Waals surface area contributed by atoms with Crippen LogP contribution in [-0.4, -0.2) is 23.0 Å². The molecule has 1 aliphatic carbocycles. The minimum absolute atomic E-state index is 0.00813. The Balaban J connectivity index is 1.97. The number of nitrogens with one attached hydrogen (secondary N) is 1. The van der Waals surface area contributed by atoms with Crippen molar-refractivity contribution in [1.82, 2.24) is 5.32 Å². The maximum absolute atomic E-state index is 13.4. The van der Waals surface area contributed by atoms with Crippen LogP contribution in [0.5, 0.6) is 0 Å². The molecular formula is C13H14FNO3. The minimum atomic E-state index is -0.845. The molecule has 2 N–H and O–H groups in total. The van der Waals surface area contributed by atoms with Crippen molar-refractivity contribution in [2.24, 2.45) is 5.92 Å². The van der Waals surface area contributed by atoms with E-state index in [4.69, 9.17) is 5.11 Å². The first-order valence-electron chi connectivity index (χ1n) is 5.77. The molecule has 5 heteroatoms. The standard InChI is InChI=1S/C13H14FNO3/c1-7-2-3-11(14)10(4-7)12(16)15-9-5-8(6-9)13(17)18/h2-4,8-9H,5-6H2,1H3,(H,15,16)(H,17,18). The largest absolute Gasteiger partial charge is 0.481 e. The maximum Gasteiger partial charge on any atom is 0.306 e. The van der Waals surface area contributed by atoms with Gasteiger partial charge in [-0.15, -0.1) is 0 Å². The van der Waals surface area contributed by atoms with Crippen LogP contribution in [0.1, 0.15) is 28.8 Å². The van der Waals surface area contributed by atoms with Crippen molar-refractivity contribution < 1.29 is 19.1 Å². The number of benzene rings is 1. The third kappa shape index (κ3) is 2.50. The smallest absolute Gasteiger partial charge is 0.306 e. The Bertz CT molecular complexity index is 495. The molecule has 0 bridgehead atoms. The number of amides is 1. The predicted octanol–water partition coefficient (Wildman–Crippen LogP) is 1.73. The van der Waals surface area contributed by atoms with Gasteiger partial charge in [-0.1, -0.05) is 11.6 Å². The summed E-state index contributed by atoms with van der Waals surface area (Å²) in [5.41, 5.74) is 0.812. The minimum Gasteiger partial charge on any atom is -0.481 e. The van der Waals surface area contributed by atoms with Gasteiger partial charge >= 0.3 is 5.97 Å². The highest BCUT2D eigenvalue weighted by molar-refractivity contribution is 5.95. The molecule has 1 aromatic rings. The molecule has 1 aliphatic rings. The van der Waals surface area contributed by atoms with Crippen molar-refractivity contribution in [3.05, 3.63) is 35.1 Å². The fraction of sp³-hybridized carbons (Fsp3) is 0.385. The topological polar surface area (TPSA) is 66.4 Å². The molecule has 18 heavy (non-hydrogen) atoms. The molecule has 1 fully saturated rings. The zero-order chi connectivity index (χ0) is 13.3. The van der Waals surface area contributed by atoms with Crippen LogP contribution in [0.3, 0.4) is 0 Å². The molecule has 0 heterocycles. The lowest BCUT2D eigenvalue weighted by atomic mass is 9.80. The van der Waals surface area contributed by atoms with Gasteiger partial charge in [0.25, 0.3) is 5.91 Å². The summed E-state index contributed by atoms with van der Waals surface area (Å²) < 4.78 is 13.4. The Kier molecular flexibility index (Phi) is 3.32. The Hall–Kier alpha value is -1.91. The summed E-state index contributed by atoms with van der Waals surface area (Å²) in [4.78, 5) is 22.4. The SMILES string of the molecule is Cc1ccc(F)c(C(=O)NC2CC(C(=O)O)C2)c1. The quantitative estimate of drug-likeness (QED) is 0.859. The Labute approximate surface area is 104 Å². The monoisotopic (exact) mass is 251 g/mol. The lowest BCUT2D eigenvalue weighted by molar-refractivity contribution is -0.145. The summed E-state index contributed by atoms with van der Waals surface area (Å²) in [6, 6.07) is 4.16. The van der Waals surface area contributed by atoms with E-state index in [1.165, 1.54) is 12.1 Å². The second kappa shape index (κ2) is 4.76. The van der Waals surface area contributed by atoms with Gasteiger partial charge in [-0.05, 0) is 31.9 Å². The lowest BCUT2D eigenvalue weighted by Crippen LogP contribution is -2.46. The molecule has 0 atom stereocenters. The number of halogens is 1. The number of aryl methyl sites for hydroxylation is 1. The van der Waals surface area contributed by atoms with Crippen LogP contribution in [0.2, 0.25) is 0 Å². The van der Waals surface area contributed by atoms with Crippen molar-refractivity contribution in [2.75, 3.05) is 0 Å².